The standard InChI is InChI=1S/C24H38O2/c1-5-7-16(2)21-11-12-22-18(8-6-13-24(21,22)4)9-10-19-14-20(25)15-23(26)17(19)3/h9-10,16,20-23,25-26H,3,5-8,11-15H2,1-2,4H3/b18-9+,19-10-/t16-,20-,21-,22?,23+,24-/m1/s1. The second-order valence-corrected chi connectivity index (χ2v) is 9.43. The van der Waals surface area contributed by atoms with Gasteiger partial charge in [0, 0.05) is 6.42 Å². The lowest BCUT2D eigenvalue weighted by atomic mass is 9.61. The third-order valence-electron chi connectivity index (χ3n) is 7.73. The highest BCUT2D eigenvalue weighted by Gasteiger charge is 2.50. The molecule has 26 heavy (non-hydrogen) atoms. The summed E-state index contributed by atoms with van der Waals surface area (Å²) in [6, 6.07) is 0. The van der Waals surface area contributed by atoms with E-state index < -0.39 is 12.2 Å². The first-order valence-corrected chi connectivity index (χ1v) is 10.8. The maximum absolute atomic E-state index is 10.1. The van der Waals surface area contributed by atoms with Gasteiger partial charge in [-0.25, -0.2) is 0 Å². The van der Waals surface area contributed by atoms with Gasteiger partial charge in [-0.15, -0.1) is 0 Å². The second-order valence-electron chi connectivity index (χ2n) is 9.43. The molecule has 1 unspecified atom stereocenters. The molecule has 0 aromatic heterocycles. The highest BCUT2D eigenvalue weighted by molar-refractivity contribution is 5.38. The van der Waals surface area contributed by atoms with Gasteiger partial charge in [0.15, 0.2) is 0 Å². The van der Waals surface area contributed by atoms with Crippen molar-refractivity contribution in [1.82, 2.24) is 0 Å². The van der Waals surface area contributed by atoms with Crippen LogP contribution in [0.2, 0.25) is 0 Å². The zero-order valence-electron chi connectivity index (χ0n) is 17.0. The van der Waals surface area contributed by atoms with E-state index in [-0.39, 0.29) is 0 Å². The summed E-state index contributed by atoms with van der Waals surface area (Å²) >= 11 is 0. The number of rotatable bonds is 4. The molecule has 0 spiro atoms. The number of allylic oxidation sites excluding steroid dienone is 3. The number of aliphatic hydroxyl groups excluding tert-OH is 2. The van der Waals surface area contributed by atoms with Gasteiger partial charge in [0.05, 0.1) is 12.2 Å². The van der Waals surface area contributed by atoms with Gasteiger partial charge in [0.2, 0.25) is 0 Å². The third kappa shape index (κ3) is 3.73. The van der Waals surface area contributed by atoms with E-state index in [1.165, 1.54) is 44.9 Å². The minimum absolute atomic E-state index is 0.421. The molecule has 0 aromatic rings. The molecule has 3 aliphatic carbocycles. The van der Waals surface area contributed by atoms with E-state index in [1.54, 1.807) is 5.57 Å². The molecule has 2 heteroatoms. The summed E-state index contributed by atoms with van der Waals surface area (Å²) in [5.74, 6) is 2.40. The normalized spacial score (nSPS) is 42.3. The Morgan fingerprint density at radius 2 is 2.04 bits per heavy atom. The Hall–Kier alpha value is -0.860. The summed E-state index contributed by atoms with van der Waals surface area (Å²) in [6.07, 6.45) is 13.7. The van der Waals surface area contributed by atoms with Crippen molar-refractivity contribution in [3.8, 4) is 0 Å². The van der Waals surface area contributed by atoms with Crippen LogP contribution in [0.5, 0.6) is 0 Å². The smallest absolute Gasteiger partial charge is 0.0811 e. The summed E-state index contributed by atoms with van der Waals surface area (Å²) in [5.41, 5.74) is 3.89. The van der Waals surface area contributed by atoms with Crippen molar-refractivity contribution in [3.63, 3.8) is 0 Å². The topological polar surface area (TPSA) is 40.5 Å². The summed E-state index contributed by atoms with van der Waals surface area (Å²) in [7, 11) is 0. The molecule has 2 nitrogen and oxygen atoms in total. The van der Waals surface area contributed by atoms with Gasteiger partial charge in [-0.3, -0.25) is 0 Å². The summed E-state index contributed by atoms with van der Waals surface area (Å²) in [6.45, 7) is 11.4. The van der Waals surface area contributed by atoms with E-state index in [9.17, 15) is 10.2 Å². The van der Waals surface area contributed by atoms with E-state index in [2.05, 4.69) is 39.5 Å². The zero-order valence-corrected chi connectivity index (χ0v) is 17.0. The molecule has 3 rings (SSSR count). The van der Waals surface area contributed by atoms with Crippen molar-refractivity contribution in [2.45, 2.75) is 90.8 Å². The van der Waals surface area contributed by atoms with Crippen LogP contribution in [0.25, 0.3) is 0 Å². The summed E-state index contributed by atoms with van der Waals surface area (Å²) in [4.78, 5) is 0. The molecular formula is C24H38O2. The van der Waals surface area contributed by atoms with Crippen molar-refractivity contribution in [3.05, 3.63) is 35.5 Å². The molecule has 0 bridgehead atoms. The minimum Gasteiger partial charge on any atom is -0.393 e. The van der Waals surface area contributed by atoms with Crippen LogP contribution in [0.3, 0.4) is 0 Å². The van der Waals surface area contributed by atoms with Crippen LogP contribution in [-0.4, -0.2) is 22.4 Å². The number of aliphatic hydroxyl groups is 2. The molecule has 0 radical (unpaired) electrons. The fourth-order valence-electron chi connectivity index (χ4n) is 6.34. The fourth-order valence-corrected chi connectivity index (χ4v) is 6.34. The minimum atomic E-state index is -0.592. The predicted octanol–water partition coefficient (Wildman–Crippen LogP) is 5.56. The number of hydrogen-bond acceptors (Lipinski definition) is 2. The maximum atomic E-state index is 10.1. The average molecular weight is 359 g/mol. The Bertz CT molecular complexity index is 587. The quantitative estimate of drug-likeness (QED) is 0.690. The van der Waals surface area contributed by atoms with Crippen molar-refractivity contribution in [1.29, 1.82) is 0 Å². The van der Waals surface area contributed by atoms with Crippen LogP contribution in [0.1, 0.15) is 78.6 Å². The van der Waals surface area contributed by atoms with Crippen LogP contribution >= 0.6 is 0 Å². The van der Waals surface area contributed by atoms with Crippen molar-refractivity contribution < 1.29 is 10.2 Å². The lowest BCUT2D eigenvalue weighted by Crippen LogP contribution is -2.36. The van der Waals surface area contributed by atoms with Gasteiger partial charge in [0.25, 0.3) is 0 Å². The molecule has 3 saturated carbocycles. The molecule has 6 atom stereocenters. The van der Waals surface area contributed by atoms with E-state index >= 15 is 0 Å². The van der Waals surface area contributed by atoms with Gasteiger partial charge in [0.1, 0.15) is 0 Å². The van der Waals surface area contributed by atoms with Gasteiger partial charge < -0.3 is 10.2 Å². The first-order valence-electron chi connectivity index (χ1n) is 10.8. The Morgan fingerprint density at radius 3 is 2.77 bits per heavy atom. The molecule has 3 aliphatic rings. The van der Waals surface area contributed by atoms with Crippen molar-refractivity contribution in [2.24, 2.45) is 23.2 Å². The van der Waals surface area contributed by atoms with Crippen LogP contribution in [0.15, 0.2) is 35.5 Å². The maximum Gasteiger partial charge on any atom is 0.0811 e. The van der Waals surface area contributed by atoms with Crippen LogP contribution in [0, 0.1) is 23.2 Å². The highest BCUT2D eigenvalue weighted by Crippen LogP contribution is 2.59. The lowest BCUT2D eigenvalue weighted by Gasteiger charge is -2.44. The number of fused-ring (bicyclic) bond motifs is 1. The van der Waals surface area contributed by atoms with Gasteiger partial charge in [-0.2, -0.15) is 0 Å². The Morgan fingerprint density at radius 1 is 1.27 bits per heavy atom. The molecule has 146 valence electrons. The highest BCUT2D eigenvalue weighted by atomic mass is 16.3. The predicted molar refractivity (Wildman–Crippen MR) is 109 cm³/mol. The first kappa shape index (κ1) is 19.9. The molecule has 0 amide bonds. The van der Waals surface area contributed by atoms with Gasteiger partial charge in [-0.05, 0) is 72.8 Å². The molecule has 0 heterocycles. The Balaban J connectivity index is 1.80. The van der Waals surface area contributed by atoms with E-state index in [4.69, 9.17) is 0 Å². The lowest BCUT2D eigenvalue weighted by molar-refractivity contribution is 0.0861. The largest absolute Gasteiger partial charge is 0.393 e. The van der Waals surface area contributed by atoms with Gasteiger partial charge >= 0.3 is 0 Å². The van der Waals surface area contributed by atoms with E-state index in [0.29, 0.717) is 24.2 Å². The Kier molecular flexibility index (Phi) is 6.14. The number of hydrogen-bond donors (Lipinski definition) is 2. The third-order valence-corrected chi connectivity index (χ3v) is 7.73. The molecule has 0 aromatic carbocycles. The average Bonchev–Trinajstić information content (AvgIpc) is 2.94. The van der Waals surface area contributed by atoms with Crippen LogP contribution in [-0.2, 0) is 0 Å². The summed E-state index contributed by atoms with van der Waals surface area (Å²) in [5, 5.41) is 20.1. The van der Waals surface area contributed by atoms with E-state index in [0.717, 1.165) is 23.0 Å². The molecular weight excluding hydrogens is 320 g/mol. The fraction of sp³-hybridized carbons (Fsp3) is 0.750. The van der Waals surface area contributed by atoms with Crippen LogP contribution in [0.4, 0.5) is 0 Å². The van der Waals surface area contributed by atoms with Crippen molar-refractivity contribution in [2.75, 3.05) is 0 Å². The SMILES string of the molecule is C=C1/C(=C\C=C2/CCC[C@@]3(C)C2CC[C@@H]3[C@H](C)CCC)C[C@@H](O)C[C@@H]1O. The first-order chi connectivity index (χ1) is 12.4. The zero-order chi connectivity index (χ0) is 18.9. The monoisotopic (exact) mass is 358 g/mol. The molecule has 0 saturated heterocycles. The molecule has 0 aliphatic heterocycles. The molecule has 3 fully saturated rings. The van der Waals surface area contributed by atoms with Gasteiger partial charge in [-0.1, -0.05) is 57.9 Å². The van der Waals surface area contributed by atoms with E-state index in [1.807, 2.05) is 0 Å². The van der Waals surface area contributed by atoms with Crippen LogP contribution < -0.4 is 0 Å². The Labute approximate surface area is 160 Å². The molecule has 2 N–H and O–H groups in total. The second kappa shape index (κ2) is 8.02. The van der Waals surface area contributed by atoms with Crippen molar-refractivity contribution >= 4 is 0 Å². The summed E-state index contributed by atoms with van der Waals surface area (Å²) < 4.78 is 0.